The number of halogens is 4. The van der Waals surface area contributed by atoms with Crippen molar-refractivity contribution in [3.8, 4) is 23.0 Å². The van der Waals surface area contributed by atoms with Crippen LogP contribution in [-0.4, -0.2) is 61.0 Å². The molecule has 0 aromatic heterocycles. The second kappa shape index (κ2) is 13.2. The summed E-state index contributed by atoms with van der Waals surface area (Å²) in [5, 5.41) is 0. The number of carbonyl (C=O) groups excluding carboxylic acids is 2. The Morgan fingerprint density at radius 2 is 1.71 bits per heavy atom. The number of hydrogen-bond acceptors (Lipinski definition) is 4. The minimum absolute atomic E-state index is 0. The molecule has 0 unspecified atom stereocenters. The van der Waals surface area contributed by atoms with E-state index in [0.29, 0.717) is 51.2 Å². The molecule has 5 nitrogen and oxygen atoms in total. The van der Waals surface area contributed by atoms with Gasteiger partial charge >= 0.3 is 12.1 Å². The van der Waals surface area contributed by atoms with Gasteiger partial charge in [0.25, 0.3) is 5.91 Å². The molecule has 2 aromatic rings. The molecule has 3 rings (SSSR count). The standard InChI is InChI=1S/C26H27F3N2O3.ClH/c1-2-34-25(33)9-6-14-30-15-17-31(18-16-30)24(32)13-11-20-10-12-22(21-7-4-3-5-8-21)23(19-20)26(27,28)29;/h3-5,7-8,10,12,19H,2,6,9,14-18H2,1H3;1H. The van der Waals surface area contributed by atoms with Crippen molar-refractivity contribution in [2.75, 3.05) is 39.3 Å². The SMILES string of the molecule is CCOC(=O)CCCN1CCN(C(=O)C#Cc2ccc(-c3ccccc3)c(C(F)(F)F)c2)CC1.Cl. The third kappa shape index (κ3) is 8.30. The predicted molar refractivity (Wildman–Crippen MR) is 130 cm³/mol. The van der Waals surface area contributed by atoms with Crippen molar-refractivity contribution in [2.45, 2.75) is 25.9 Å². The second-order valence-electron chi connectivity index (χ2n) is 7.92. The van der Waals surface area contributed by atoms with E-state index in [-0.39, 0.29) is 29.5 Å². The molecule has 0 bridgehead atoms. The van der Waals surface area contributed by atoms with Crippen molar-refractivity contribution in [1.29, 1.82) is 0 Å². The number of alkyl halides is 3. The fourth-order valence-corrected chi connectivity index (χ4v) is 3.79. The van der Waals surface area contributed by atoms with Gasteiger partial charge in [0.05, 0.1) is 12.2 Å². The van der Waals surface area contributed by atoms with Crippen molar-refractivity contribution in [2.24, 2.45) is 0 Å². The lowest BCUT2D eigenvalue weighted by molar-refractivity contribution is -0.143. The first-order chi connectivity index (χ1) is 16.3. The van der Waals surface area contributed by atoms with Crippen LogP contribution in [0.4, 0.5) is 13.2 Å². The minimum Gasteiger partial charge on any atom is -0.466 e. The summed E-state index contributed by atoms with van der Waals surface area (Å²) in [5.41, 5.74) is -0.109. The largest absolute Gasteiger partial charge is 0.466 e. The first-order valence-electron chi connectivity index (χ1n) is 11.2. The molecule has 1 aliphatic heterocycles. The first kappa shape index (κ1) is 28.2. The minimum atomic E-state index is -4.55. The van der Waals surface area contributed by atoms with Gasteiger partial charge in [-0.1, -0.05) is 42.3 Å². The van der Waals surface area contributed by atoms with E-state index in [4.69, 9.17) is 4.74 Å². The highest BCUT2D eigenvalue weighted by atomic mass is 35.5. The first-order valence-corrected chi connectivity index (χ1v) is 11.2. The Morgan fingerprint density at radius 1 is 1.03 bits per heavy atom. The zero-order valence-electron chi connectivity index (χ0n) is 19.4. The monoisotopic (exact) mass is 508 g/mol. The molecule has 2 aromatic carbocycles. The second-order valence-corrected chi connectivity index (χ2v) is 7.92. The van der Waals surface area contributed by atoms with Crippen molar-refractivity contribution < 1.29 is 27.5 Å². The molecule has 35 heavy (non-hydrogen) atoms. The molecular formula is C26H28ClF3N2O3. The Kier molecular flexibility index (Phi) is 10.6. The number of hydrogen-bond donors (Lipinski definition) is 0. The van der Waals surface area contributed by atoms with Gasteiger partial charge in [0.15, 0.2) is 0 Å². The average Bonchev–Trinajstić information content (AvgIpc) is 2.83. The van der Waals surface area contributed by atoms with Gasteiger partial charge in [-0.3, -0.25) is 14.5 Å². The van der Waals surface area contributed by atoms with Crippen LogP contribution in [-0.2, 0) is 20.5 Å². The highest BCUT2D eigenvalue weighted by molar-refractivity contribution is 5.94. The molecule has 1 aliphatic rings. The van der Waals surface area contributed by atoms with Gasteiger partial charge in [-0.2, -0.15) is 13.2 Å². The lowest BCUT2D eigenvalue weighted by Gasteiger charge is -2.33. The van der Waals surface area contributed by atoms with Crippen LogP contribution >= 0.6 is 12.4 Å². The molecule has 0 N–H and O–H groups in total. The van der Waals surface area contributed by atoms with Crippen molar-refractivity contribution >= 4 is 24.3 Å². The molecule has 1 heterocycles. The Morgan fingerprint density at radius 3 is 2.34 bits per heavy atom. The molecule has 9 heteroatoms. The van der Waals surface area contributed by atoms with E-state index in [2.05, 4.69) is 16.7 Å². The van der Waals surface area contributed by atoms with E-state index in [9.17, 15) is 22.8 Å². The predicted octanol–water partition coefficient (Wildman–Crippen LogP) is 4.63. The van der Waals surface area contributed by atoms with Gasteiger partial charge in [0.1, 0.15) is 0 Å². The third-order valence-electron chi connectivity index (χ3n) is 5.54. The molecule has 0 aliphatic carbocycles. The molecule has 0 radical (unpaired) electrons. The molecule has 188 valence electrons. The summed E-state index contributed by atoms with van der Waals surface area (Å²) in [6, 6.07) is 12.2. The van der Waals surface area contributed by atoms with Crippen molar-refractivity contribution in [3.05, 3.63) is 59.7 Å². The lowest BCUT2D eigenvalue weighted by atomic mass is 9.97. The Hall–Kier alpha value is -3.02. The number of rotatable bonds is 6. The van der Waals surface area contributed by atoms with E-state index in [0.717, 1.165) is 12.6 Å². The van der Waals surface area contributed by atoms with E-state index in [1.165, 1.54) is 12.1 Å². The van der Waals surface area contributed by atoms with Crippen LogP contribution in [0.3, 0.4) is 0 Å². The van der Waals surface area contributed by atoms with E-state index < -0.39 is 17.6 Å². The van der Waals surface area contributed by atoms with Gasteiger partial charge < -0.3 is 9.64 Å². The molecule has 1 saturated heterocycles. The quantitative estimate of drug-likeness (QED) is 0.421. The molecule has 0 spiro atoms. The Bertz CT molecular complexity index is 1060. The summed E-state index contributed by atoms with van der Waals surface area (Å²) in [7, 11) is 0. The van der Waals surface area contributed by atoms with Crippen molar-refractivity contribution in [3.63, 3.8) is 0 Å². The molecule has 1 fully saturated rings. The summed E-state index contributed by atoms with van der Waals surface area (Å²) in [6.07, 6.45) is -3.50. The van der Waals surface area contributed by atoms with Crippen LogP contribution in [0.2, 0.25) is 0 Å². The number of carbonyl (C=O) groups is 2. The summed E-state index contributed by atoms with van der Waals surface area (Å²) < 4.78 is 45.9. The zero-order valence-corrected chi connectivity index (χ0v) is 20.3. The molecule has 0 saturated carbocycles. The number of piperazine rings is 1. The molecule has 1 amide bonds. The van der Waals surface area contributed by atoms with Crippen LogP contribution in [0, 0.1) is 11.8 Å². The fourth-order valence-electron chi connectivity index (χ4n) is 3.79. The van der Waals surface area contributed by atoms with E-state index in [1.54, 1.807) is 42.2 Å². The van der Waals surface area contributed by atoms with Gasteiger partial charge in [0.2, 0.25) is 0 Å². The zero-order chi connectivity index (χ0) is 24.6. The van der Waals surface area contributed by atoms with Crippen LogP contribution in [0.1, 0.15) is 30.9 Å². The van der Waals surface area contributed by atoms with Crippen LogP contribution in [0.25, 0.3) is 11.1 Å². The summed E-state index contributed by atoms with van der Waals surface area (Å²) >= 11 is 0. The highest BCUT2D eigenvalue weighted by Gasteiger charge is 2.34. The highest BCUT2D eigenvalue weighted by Crippen LogP contribution is 2.37. The van der Waals surface area contributed by atoms with Crippen molar-refractivity contribution in [1.82, 2.24) is 9.80 Å². The summed E-state index contributed by atoms with van der Waals surface area (Å²) in [4.78, 5) is 27.6. The van der Waals surface area contributed by atoms with Crippen LogP contribution in [0.5, 0.6) is 0 Å². The van der Waals surface area contributed by atoms with Gasteiger partial charge in [-0.25, -0.2) is 0 Å². The molecule has 0 atom stereocenters. The Labute approximate surface area is 209 Å². The lowest BCUT2D eigenvalue weighted by Crippen LogP contribution is -2.48. The van der Waals surface area contributed by atoms with Gasteiger partial charge in [-0.15, -0.1) is 12.4 Å². The van der Waals surface area contributed by atoms with Crippen LogP contribution < -0.4 is 0 Å². The maximum Gasteiger partial charge on any atom is 0.417 e. The fraction of sp³-hybridized carbons (Fsp3) is 0.385. The number of amides is 1. The van der Waals surface area contributed by atoms with Gasteiger partial charge in [0, 0.05) is 44.1 Å². The number of nitrogens with zero attached hydrogens (tertiary/aromatic N) is 2. The van der Waals surface area contributed by atoms with E-state index >= 15 is 0 Å². The topological polar surface area (TPSA) is 49.9 Å². The number of ether oxygens (including phenoxy) is 1. The summed E-state index contributed by atoms with van der Waals surface area (Å²) in [5.74, 6) is 4.46. The Balaban J connectivity index is 0.00000432. The van der Waals surface area contributed by atoms with Gasteiger partial charge in [-0.05, 0) is 43.1 Å². The van der Waals surface area contributed by atoms with E-state index in [1.807, 2.05) is 0 Å². The normalized spacial score (nSPS) is 13.9. The maximum absolute atomic E-state index is 13.7. The number of benzene rings is 2. The smallest absolute Gasteiger partial charge is 0.417 e. The average molecular weight is 509 g/mol. The van der Waals surface area contributed by atoms with Crippen LogP contribution in [0.15, 0.2) is 48.5 Å². The molecular weight excluding hydrogens is 481 g/mol. The summed E-state index contributed by atoms with van der Waals surface area (Å²) in [6.45, 7) is 5.14. The number of esters is 1. The third-order valence-corrected chi connectivity index (χ3v) is 5.54. The maximum atomic E-state index is 13.7.